The number of quaternary nitrogens is 1. The molecule has 0 spiro atoms. The topological polar surface area (TPSA) is 226 Å². The molecular weight excluding hydrogens is 762 g/mol. The zero-order valence-electron chi connectivity index (χ0n) is 33.9. The number of nitrogens with zero attached hydrogens (tertiary/aromatic N) is 1. The van der Waals surface area contributed by atoms with Crippen LogP contribution in [0, 0.1) is 0 Å². The molecule has 1 amide bonds. The molecule has 19 heteroatoms. The van der Waals surface area contributed by atoms with Gasteiger partial charge in [0.05, 0.1) is 53.4 Å². The lowest BCUT2D eigenvalue weighted by Gasteiger charge is -2.30. The van der Waals surface area contributed by atoms with Crippen molar-refractivity contribution < 1.29 is 89.7 Å². The first kappa shape index (κ1) is 51.1. The Morgan fingerprint density at radius 1 is 0.804 bits per heavy atom. The van der Waals surface area contributed by atoms with Gasteiger partial charge < -0.3 is 80.7 Å². The lowest BCUT2D eigenvalue weighted by Crippen LogP contribution is -3.00. The molecule has 18 nitrogen and oxygen atoms in total. The first-order chi connectivity index (χ1) is 26.5. The van der Waals surface area contributed by atoms with E-state index in [1.165, 1.54) is 19.4 Å². The highest BCUT2D eigenvalue weighted by Crippen LogP contribution is 2.27. The lowest BCUT2D eigenvalue weighted by atomic mass is 10.1. The predicted octanol–water partition coefficient (Wildman–Crippen LogP) is -2.15. The minimum Gasteiger partial charge on any atom is -1.00 e. The third kappa shape index (κ3) is 17.7. The number of aromatic hydroxyl groups is 1. The number of ether oxygens (including phenoxy) is 11. The molecule has 5 N–H and O–H groups in total. The van der Waals surface area contributed by atoms with Crippen molar-refractivity contribution in [2.45, 2.75) is 102 Å². The summed E-state index contributed by atoms with van der Waals surface area (Å²) in [5, 5.41) is 12.7. The maximum absolute atomic E-state index is 12.8. The van der Waals surface area contributed by atoms with E-state index in [1.807, 2.05) is 6.92 Å². The zero-order valence-corrected chi connectivity index (χ0v) is 34.6. The van der Waals surface area contributed by atoms with Crippen LogP contribution in [0.5, 0.6) is 11.5 Å². The van der Waals surface area contributed by atoms with Gasteiger partial charge in [-0.05, 0) is 26.7 Å². The number of nitrogens with one attached hydrogen (secondary N) is 1. The van der Waals surface area contributed by atoms with Crippen LogP contribution in [-0.4, -0.2) is 164 Å². The van der Waals surface area contributed by atoms with Gasteiger partial charge >= 0.3 is 11.9 Å². The van der Waals surface area contributed by atoms with E-state index in [9.17, 15) is 19.5 Å². The van der Waals surface area contributed by atoms with E-state index >= 15 is 0 Å². The number of carbonyl (C=O) groups excluding carboxylic acids is 3. The number of carbonyl (C=O) groups is 3. The van der Waals surface area contributed by atoms with Crippen LogP contribution in [0.15, 0.2) is 12.3 Å². The molecule has 3 rings (SSSR count). The number of pyridine rings is 1. The Morgan fingerprint density at radius 2 is 1.32 bits per heavy atom. The molecule has 1 aromatic heterocycles. The summed E-state index contributed by atoms with van der Waals surface area (Å²) in [4.78, 5) is 41.2. The normalized spacial score (nSPS) is 25.9. The van der Waals surface area contributed by atoms with Gasteiger partial charge in [0, 0.05) is 39.7 Å². The Hall–Kier alpha value is -2.91. The fraction of sp³-hybridized carbons (Fsp3) is 0.784. The van der Waals surface area contributed by atoms with Gasteiger partial charge in [0.2, 0.25) is 6.04 Å². The number of cyclic esters (lactones) is 2. The number of rotatable bonds is 19. The van der Waals surface area contributed by atoms with Gasteiger partial charge in [0.25, 0.3) is 5.91 Å². The van der Waals surface area contributed by atoms with Crippen LogP contribution in [0.1, 0.15) is 63.9 Å². The van der Waals surface area contributed by atoms with Crippen molar-refractivity contribution in [3.8, 4) is 11.5 Å². The highest BCUT2D eigenvalue weighted by atomic mass is 35.5. The van der Waals surface area contributed by atoms with Crippen LogP contribution in [0.2, 0.25) is 0 Å². The Morgan fingerprint density at radius 3 is 1.82 bits per heavy atom. The smallest absolute Gasteiger partial charge is 0.367 e. The molecule has 324 valence electrons. The zero-order chi connectivity index (χ0) is 40.6. The van der Waals surface area contributed by atoms with Gasteiger partial charge in [-0.25, -0.2) is 14.6 Å². The second kappa shape index (κ2) is 29.3. The van der Waals surface area contributed by atoms with E-state index in [0.29, 0.717) is 39.6 Å². The Bertz CT molecular complexity index is 1250. The summed E-state index contributed by atoms with van der Waals surface area (Å²) < 4.78 is 60.9. The summed E-state index contributed by atoms with van der Waals surface area (Å²) in [5.74, 6) is -2.19. The molecule has 0 saturated carbocycles. The fourth-order valence-corrected chi connectivity index (χ4v) is 5.40. The SMILES string of the molecule is CCCCO[C@H]1COC[C@H](NC(=O)c2nccc(OC)c2O)C(=O)O[C@@H](C)[C@@H]1OCCOC.CCCCO[C@H]1COC[C@H]([NH3+])C(=O)O[C@@H](C)[C@@H]1OCCOC.[Cl-]. The second-order valence-electron chi connectivity index (χ2n) is 13.0. The summed E-state index contributed by atoms with van der Waals surface area (Å²) in [6.07, 6.45) is 2.33. The molecule has 8 atom stereocenters. The Labute approximate surface area is 336 Å². The standard InChI is InChI=1S/C22H34N2O9.C15H29NO6.ClH/c1-5-6-9-31-17-13-30-12-15(22(27)33-14(2)20(17)32-11-10-28-3)24-21(26)18-19(25)16(29-4)7-8-23-18;1-4-5-6-20-13-10-19-9-12(16)15(17)22-11(2)14(13)21-8-7-18-3;/h7-8,14-15,17,20,25H,5-6,9-13H2,1-4H3,(H,24,26);11-14H,4-10,16H2,1-3H3;1H/t14-,15-,17-,20-;11-,12-,13-,14-;/m00./s1. The molecule has 2 fully saturated rings. The van der Waals surface area contributed by atoms with Gasteiger partial charge in [-0.3, -0.25) is 4.79 Å². The number of unbranched alkanes of at least 4 members (excludes halogenated alkanes) is 2. The summed E-state index contributed by atoms with van der Waals surface area (Å²) in [6, 6.07) is -0.245. The van der Waals surface area contributed by atoms with Crippen LogP contribution in [-0.2, 0) is 57.0 Å². The van der Waals surface area contributed by atoms with Gasteiger partial charge in [-0.2, -0.15) is 0 Å². The number of amides is 1. The van der Waals surface area contributed by atoms with E-state index in [2.05, 4.69) is 29.9 Å². The Kier molecular flexibility index (Phi) is 26.8. The van der Waals surface area contributed by atoms with Crippen molar-refractivity contribution in [3.63, 3.8) is 0 Å². The number of esters is 2. The third-order valence-corrected chi connectivity index (χ3v) is 8.53. The summed E-state index contributed by atoms with van der Waals surface area (Å²) in [7, 11) is 4.53. The molecule has 2 saturated heterocycles. The van der Waals surface area contributed by atoms with Gasteiger partial charge in [0.1, 0.15) is 43.2 Å². The van der Waals surface area contributed by atoms with Crippen LogP contribution >= 0.6 is 0 Å². The first-order valence-corrected chi connectivity index (χ1v) is 18.9. The molecule has 0 unspecified atom stereocenters. The Balaban J connectivity index is 0.000000595. The number of halogens is 1. The number of methoxy groups -OCH3 is 3. The molecular formula is C37H64ClN3O15. The quantitative estimate of drug-likeness (QED) is 0.0999. The van der Waals surface area contributed by atoms with Crippen LogP contribution in [0.3, 0.4) is 0 Å². The molecule has 3 heterocycles. The van der Waals surface area contributed by atoms with Crippen LogP contribution < -0.4 is 28.2 Å². The van der Waals surface area contributed by atoms with Crippen molar-refractivity contribution in [3.05, 3.63) is 18.0 Å². The summed E-state index contributed by atoms with van der Waals surface area (Å²) in [5.41, 5.74) is 3.48. The largest absolute Gasteiger partial charge is 1.00 e. The van der Waals surface area contributed by atoms with Crippen molar-refractivity contribution >= 4 is 17.8 Å². The molecule has 56 heavy (non-hydrogen) atoms. The summed E-state index contributed by atoms with van der Waals surface area (Å²) in [6.45, 7) is 10.9. The van der Waals surface area contributed by atoms with Crippen molar-refractivity contribution in [1.82, 2.24) is 10.3 Å². The highest BCUT2D eigenvalue weighted by molar-refractivity contribution is 5.98. The highest BCUT2D eigenvalue weighted by Gasteiger charge is 2.37. The summed E-state index contributed by atoms with van der Waals surface area (Å²) >= 11 is 0. The molecule has 0 bridgehead atoms. The number of hydrogen-bond donors (Lipinski definition) is 3. The minimum atomic E-state index is -1.12. The average Bonchev–Trinajstić information content (AvgIpc) is 3.24. The maximum Gasteiger partial charge on any atom is 0.367 e. The molecule has 2 aliphatic rings. The third-order valence-electron chi connectivity index (χ3n) is 8.53. The first-order valence-electron chi connectivity index (χ1n) is 18.9. The van der Waals surface area contributed by atoms with Gasteiger partial charge in [0.15, 0.2) is 23.2 Å². The van der Waals surface area contributed by atoms with E-state index in [0.717, 1.165) is 25.7 Å². The minimum absolute atomic E-state index is 0. The molecule has 1 aromatic rings. The van der Waals surface area contributed by atoms with Crippen molar-refractivity contribution in [2.24, 2.45) is 0 Å². The molecule has 2 aliphatic heterocycles. The monoisotopic (exact) mass is 825 g/mol. The number of hydrogen-bond acceptors (Lipinski definition) is 16. The van der Waals surface area contributed by atoms with Gasteiger partial charge in [-0.1, -0.05) is 26.7 Å². The van der Waals surface area contributed by atoms with Crippen LogP contribution in [0.25, 0.3) is 0 Å². The fourth-order valence-electron chi connectivity index (χ4n) is 5.40. The molecule has 0 aliphatic carbocycles. The van der Waals surface area contributed by atoms with Crippen LogP contribution in [0.4, 0.5) is 0 Å². The lowest BCUT2D eigenvalue weighted by molar-refractivity contribution is -0.415. The van der Waals surface area contributed by atoms with Crippen molar-refractivity contribution in [1.29, 1.82) is 0 Å². The molecule has 0 radical (unpaired) electrons. The van der Waals surface area contributed by atoms with E-state index in [4.69, 9.17) is 52.1 Å². The van der Waals surface area contributed by atoms with Crippen molar-refractivity contribution in [2.75, 3.05) is 87.4 Å². The van der Waals surface area contributed by atoms with Gasteiger partial charge in [-0.15, -0.1) is 0 Å². The van der Waals surface area contributed by atoms with E-state index < -0.39 is 54.1 Å². The predicted molar refractivity (Wildman–Crippen MR) is 196 cm³/mol. The number of aromatic nitrogens is 1. The van der Waals surface area contributed by atoms with E-state index in [-0.39, 0.29) is 68.5 Å². The average molecular weight is 826 g/mol. The maximum atomic E-state index is 12.8. The molecule has 0 aromatic carbocycles. The van der Waals surface area contributed by atoms with E-state index in [1.54, 1.807) is 21.1 Å². The second-order valence-corrected chi connectivity index (χ2v) is 13.0.